The lowest BCUT2D eigenvalue weighted by atomic mass is 10.2. The van der Waals surface area contributed by atoms with Crippen molar-refractivity contribution in [3.05, 3.63) is 0 Å². The Morgan fingerprint density at radius 1 is 1.53 bits per heavy atom. The molecule has 1 atom stereocenters. The van der Waals surface area contributed by atoms with Gasteiger partial charge in [-0.15, -0.1) is 0 Å². The van der Waals surface area contributed by atoms with Gasteiger partial charge in [0.05, 0.1) is 19.6 Å². The third kappa shape index (κ3) is 5.43. The van der Waals surface area contributed by atoms with Crippen LogP contribution in [0.3, 0.4) is 0 Å². The maximum Gasteiger partial charge on any atom is 0.306 e. The van der Waals surface area contributed by atoms with Gasteiger partial charge in [0, 0.05) is 26.2 Å². The van der Waals surface area contributed by atoms with Gasteiger partial charge in [0.25, 0.3) is 10.2 Å². The van der Waals surface area contributed by atoms with Crippen molar-refractivity contribution in [2.45, 2.75) is 32.3 Å². The SMILES string of the molecule is CCNS(=O)(=O)N(CCC(=O)OC)CC1CCCO1. The molecule has 1 unspecified atom stereocenters. The van der Waals surface area contributed by atoms with Gasteiger partial charge in [-0.25, -0.2) is 4.72 Å². The summed E-state index contributed by atoms with van der Waals surface area (Å²) >= 11 is 0. The molecule has 0 aromatic rings. The molecule has 1 fully saturated rings. The fourth-order valence-corrected chi connectivity index (χ4v) is 3.16. The lowest BCUT2D eigenvalue weighted by Gasteiger charge is -2.24. The Hall–Kier alpha value is -0.700. The molecule has 0 bridgehead atoms. The number of nitrogens with one attached hydrogen (secondary N) is 1. The summed E-state index contributed by atoms with van der Waals surface area (Å²) in [6.07, 6.45) is 1.73. The first-order chi connectivity index (χ1) is 8.99. The Kier molecular flexibility index (Phi) is 6.70. The van der Waals surface area contributed by atoms with E-state index in [0.717, 1.165) is 12.8 Å². The average Bonchev–Trinajstić information content (AvgIpc) is 2.86. The summed E-state index contributed by atoms with van der Waals surface area (Å²) in [5, 5.41) is 0. The Morgan fingerprint density at radius 2 is 2.26 bits per heavy atom. The van der Waals surface area contributed by atoms with E-state index in [1.54, 1.807) is 6.92 Å². The van der Waals surface area contributed by atoms with Gasteiger partial charge in [-0.2, -0.15) is 12.7 Å². The maximum absolute atomic E-state index is 12.0. The van der Waals surface area contributed by atoms with Gasteiger partial charge < -0.3 is 9.47 Å². The van der Waals surface area contributed by atoms with Crippen LogP contribution in [0.2, 0.25) is 0 Å². The fourth-order valence-electron chi connectivity index (χ4n) is 1.92. The Morgan fingerprint density at radius 3 is 2.79 bits per heavy atom. The Bertz CT molecular complexity index is 379. The number of nitrogens with zero attached hydrogens (tertiary/aromatic N) is 1. The van der Waals surface area contributed by atoms with Gasteiger partial charge in [-0.1, -0.05) is 6.92 Å². The first kappa shape index (κ1) is 16.4. The van der Waals surface area contributed by atoms with Gasteiger partial charge in [0.1, 0.15) is 0 Å². The van der Waals surface area contributed by atoms with Gasteiger partial charge in [-0.05, 0) is 12.8 Å². The first-order valence-corrected chi connectivity index (χ1v) is 7.86. The van der Waals surface area contributed by atoms with Crippen LogP contribution >= 0.6 is 0 Å². The van der Waals surface area contributed by atoms with Gasteiger partial charge in [0.2, 0.25) is 0 Å². The van der Waals surface area contributed by atoms with E-state index >= 15 is 0 Å². The third-order valence-corrected chi connectivity index (χ3v) is 4.56. The molecule has 0 amide bonds. The number of methoxy groups -OCH3 is 1. The standard InChI is InChI=1S/C11H22N2O5S/c1-3-12-19(15,16)13(7-6-11(14)17-2)9-10-5-4-8-18-10/h10,12H,3-9H2,1-2H3. The highest BCUT2D eigenvalue weighted by molar-refractivity contribution is 7.87. The minimum absolute atomic E-state index is 0.0356. The highest BCUT2D eigenvalue weighted by Gasteiger charge is 2.27. The van der Waals surface area contributed by atoms with Crippen molar-refractivity contribution in [2.24, 2.45) is 0 Å². The van der Waals surface area contributed by atoms with Crippen LogP contribution < -0.4 is 4.72 Å². The summed E-state index contributed by atoms with van der Waals surface area (Å²) in [6, 6.07) is 0. The number of hydrogen-bond donors (Lipinski definition) is 1. The number of hydrogen-bond acceptors (Lipinski definition) is 5. The molecule has 0 aliphatic carbocycles. The van der Waals surface area contributed by atoms with Crippen LogP contribution in [0.4, 0.5) is 0 Å². The second kappa shape index (κ2) is 7.78. The molecule has 0 saturated carbocycles. The van der Waals surface area contributed by atoms with E-state index < -0.39 is 16.2 Å². The Balaban J connectivity index is 2.63. The molecule has 1 aliphatic rings. The largest absolute Gasteiger partial charge is 0.469 e. The van der Waals surface area contributed by atoms with Crippen LogP contribution in [0.25, 0.3) is 0 Å². The second-order valence-electron chi connectivity index (χ2n) is 4.32. The Labute approximate surface area is 114 Å². The van der Waals surface area contributed by atoms with Crippen molar-refractivity contribution in [2.75, 3.05) is 33.4 Å². The van der Waals surface area contributed by atoms with E-state index in [-0.39, 0.29) is 25.6 Å². The number of carbonyl (C=O) groups excluding carboxylic acids is 1. The predicted octanol–water partition coefficient (Wildman–Crippen LogP) is -0.115. The van der Waals surface area contributed by atoms with E-state index in [2.05, 4.69) is 9.46 Å². The van der Waals surface area contributed by atoms with Crippen LogP contribution in [0.1, 0.15) is 26.2 Å². The van der Waals surface area contributed by atoms with Crippen LogP contribution in [-0.2, 0) is 24.5 Å². The number of rotatable bonds is 8. The maximum atomic E-state index is 12.0. The molecule has 1 aliphatic heterocycles. The molecule has 0 spiro atoms. The zero-order valence-corrected chi connectivity index (χ0v) is 12.2. The molecule has 7 nitrogen and oxygen atoms in total. The molecule has 0 radical (unpaired) electrons. The zero-order chi connectivity index (χ0) is 14.3. The van der Waals surface area contributed by atoms with Crippen LogP contribution in [0.15, 0.2) is 0 Å². The summed E-state index contributed by atoms with van der Waals surface area (Å²) in [6.45, 7) is 3.05. The summed E-state index contributed by atoms with van der Waals surface area (Å²) in [5.41, 5.74) is 0. The monoisotopic (exact) mass is 294 g/mol. The van der Waals surface area contributed by atoms with Crippen molar-refractivity contribution in [3.63, 3.8) is 0 Å². The molecule has 1 N–H and O–H groups in total. The van der Waals surface area contributed by atoms with E-state index in [4.69, 9.17) is 4.74 Å². The van der Waals surface area contributed by atoms with Crippen molar-refractivity contribution in [1.29, 1.82) is 0 Å². The molecule has 8 heteroatoms. The van der Waals surface area contributed by atoms with Crippen molar-refractivity contribution in [3.8, 4) is 0 Å². The smallest absolute Gasteiger partial charge is 0.306 e. The highest BCUT2D eigenvalue weighted by Crippen LogP contribution is 2.15. The van der Waals surface area contributed by atoms with Gasteiger partial charge in [0.15, 0.2) is 0 Å². The van der Waals surface area contributed by atoms with E-state index in [1.807, 2.05) is 0 Å². The molecular formula is C11H22N2O5S. The van der Waals surface area contributed by atoms with E-state index in [0.29, 0.717) is 13.2 Å². The van der Waals surface area contributed by atoms with Crippen LogP contribution in [0.5, 0.6) is 0 Å². The molecule has 1 saturated heterocycles. The quantitative estimate of drug-likeness (QED) is 0.631. The molecule has 112 valence electrons. The number of esters is 1. The van der Waals surface area contributed by atoms with E-state index in [9.17, 15) is 13.2 Å². The third-order valence-electron chi connectivity index (χ3n) is 2.89. The molecule has 1 rings (SSSR count). The van der Waals surface area contributed by atoms with Gasteiger partial charge in [-0.3, -0.25) is 4.79 Å². The van der Waals surface area contributed by atoms with Crippen molar-refractivity contribution >= 4 is 16.2 Å². The summed E-state index contributed by atoms with van der Waals surface area (Å²) in [5.74, 6) is -0.427. The summed E-state index contributed by atoms with van der Waals surface area (Å²) in [4.78, 5) is 11.1. The van der Waals surface area contributed by atoms with Gasteiger partial charge >= 0.3 is 5.97 Å². The van der Waals surface area contributed by atoms with Crippen molar-refractivity contribution < 1.29 is 22.7 Å². The summed E-state index contributed by atoms with van der Waals surface area (Å²) in [7, 11) is -2.28. The van der Waals surface area contributed by atoms with Crippen molar-refractivity contribution in [1.82, 2.24) is 9.03 Å². The summed E-state index contributed by atoms with van der Waals surface area (Å²) < 4.78 is 37.7. The number of ether oxygens (including phenoxy) is 2. The average molecular weight is 294 g/mol. The highest BCUT2D eigenvalue weighted by atomic mass is 32.2. The zero-order valence-electron chi connectivity index (χ0n) is 11.4. The molecule has 0 aromatic heterocycles. The fraction of sp³-hybridized carbons (Fsp3) is 0.909. The lowest BCUT2D eigenvalue weighted by molar-refractivity contribution is -0.140. The minimum atomic E-state index is -3.57. The second-order valence-corrected chi connectivity index (χ2v) is 6.08. The first-order valence-electron chi connectivity index (χ1n) is 6.42. The molecule has 19 heavy (non-hydrogen) atoms. The predicted molar refractivity (Wildman–Crippen MR) is 69.8 cm³/mol. The molecule has 1 heterocycles. The topological polar surface area (TPSA) is 84.9 Å². The van der Waals surface area contributed by atoms with Crippen LogP contribution in [0, 0.1) is 0 Å². The normalized spacial score (nSPS) is 19.8. The van der Waals surface area contributed by atoms with E-state index in [1.165, 1.54) is 11.4 Å². The number of carbonyl (C=O) groups is 1. The molecular weight excluding hydrogens is 272 g/mol. The van der Waals surface area contributed by atoms with Crippen LogP contribution in [-0.4, -0.2) is 58.1 Å². The minimum Gasteiger partial charge on any atom is -0.469 e. The lowest BCUT2D eigenvalue weighted by Crippen LogP contribution is -2.45. The molecule has 0 aromatic carbocycles.